The molecule has 0 aliphatic rings. The maximum atomic E-state index is 11.8. The normalized spacial score (nSPS) is 11.1. The number of halogens is 1. The first-order valence-corrected chi connectivity index (χ1v) is 8.58. The van der Waals surface area contributed by atoms with Crippen LogP contribution in [0.5, 0.6) is 0 Å². The molecule has 1 aromatic heterocycles. The van der Waals surface area contributed by atoms with Crippen LogP contribution < -0.4 is 10.6 Å². The quantitative estimate of drug-likeness (QED) is 0.353. The van der Waals surface area contributed by atoms with Gasteiger partial charge in [0.2, 0.25) is 5.91 Å². The van der Waals surface area contributed by atoms with E-state index in [1.807, 2.05) is 44.3 Å². The van der Waals surface area contributed by atoms with Gasteiger partial charge in [0.1, 0.15) is 5.84 Å². The number of hydrogen-bond acceptors (Lipinski definition) is 4. The number of carbonyl (C=O) groups excluding carboxylic acids is 1. The molecule has 26 heavy (non-hydrogen) atoms. The highest BCUT2D eigenvalue weighted by atomic mass is 35.5. The lowest BCUT2D eigenvalue weighted by Gasteiger charge is -2.10. The monoisotopic (exact) mass is 369 g/mol. The summed E-state index contributed by atoms with van der Waals surface area (Å²) in [6.45, 7) is 4.08. The Morgan fingerprint density at radius 3 is 2.81 bits per heavy atom. The number of amidine groups is 1. The van der Waals surface area contributed by atoms with Crippen molar-refractivity contribution in [2.24, 2.45) is 10.9 Å². The summed E-state index contributed by atoms with van der Waals surface area (Å²) in [4.78, 5) is 20.4. The molecule has 0 radical (unpaired) electrons. The predicted octanol–water partition coefficient (Wildman–Crippen LogP) is 3.39. The van der Waals surface area contributed by atoms with Gasteiger partial charge in [-0.1, -0.05) is 43.6 Å². The van der Waals surface area contributed by atoms with E-state index in [2.05, 4.69) is 20.6 Å². The van der Waals surface area contributed by atoms with Crippen LogP contribution in [0, 0.1) is 17.4 Å². The second kappa shape index (κ2) is 9.54. The maximum Gasteiger partial charge on any atom is 0.226 e. The van der Waals surface area contributed by atoms with E-state index in [1.54, 1.807) is 18.5 Å². The number of anilines is 1. The van der Waals surface area contributed by atoms with Gasteiger partial charge < -0.3 is 5.32 Å². The summed E-state index contributed by atoms with van der Waals surface area (Å²) in [6, 6.07) is 9.30. The minimum atomic E-state index is -0.139. The van der Waals surface area contributed by atoms with E-state index in [4.69, 9.17) is 16.9 Å². The van der Waals surface area contributed by atoms with Gasteiger partial charge in [-0.3, -0.25) is 20.1 Å². The number of aromatic nitrogens is 1. The zero-order valence-electron chi connectivity index (χ0n) is 14.7. The van der Waals surface area contributed by atoms with Gasteiger partial charge in [0.05, 0.1) is 11.9 Å². The van der Waals surface area contributed by atoms with Gasteiger partial charge >= 0.3 is 0 Å². The molecular weight excluding hydrogens is 350 g/mol. The molecule has 0 atom stereocenters. The number of aliphatic imine (C=N–C) groups is 1. The fourth-order valence-corrected chi connectivity index (χ4v) is 2.40. The molecule has 0 aliphatic carbocycles. The fourth-order valence-electron chi connectivity index (χ4n) is 2.17. The van der Waals surface area contributed by atoms with Crippen LogP contribution in [0.1, 0.15) is 25.0 Å². The van der Waals surface area contributed by atoms with Gasteiger partial charge in [-0.25, -0.2) is 0 Å². The highest BCUT2D eigenvalue weighted by Crippen LogP contribution is 2.15. The van der Waals surface area contributed by atoms with E-state index in [-0.39, 0.29) is 11.8 Å². The van der Waals surface area contributed by atoms with E-state index in [1.165, 1.54) is 0 Å². The molecule has 134 valence electrons. The third-order valence-electron chi connectivity index (χ3n) is 3.59. The van der Waals surface area contributed by atoms with Crippen LogP contribution in [0.25, 0.3) is 0 Å². The van der Waals surface area contributed by atoms with Crippen LogP contribution in [-0.4, -0.2) is 23.3 Å². The molecule has 2 aromatic rings. The van der Waals surface area contributed by atoms with Gasteiger partial charge in [0, 0.05) is 29.2 Å². The molecule has 0 unspecified atom stereocenters. The SMILES string of the molecule is CC(C)C(=O)Nc1cncc(C(=NCCc2ccccc2Cl)NC#N)c1. The first-order valence-electron chi connectivity index (χ1n) is 8.20. The van der Waals surface area contributed by atoms with E-state index in [0.29, 0.717) is 35.1 Å². The van der Waals surface area contributed by atoms with Gasteiger partial charge in [-0.05, 0) is 24.1 Å². The number of nitrogens with one attached hydrogen (secondary N) is 2. The summed E-state index contributed by atoms with van der Waals surface area (Å²) in [7, 11) is 0. The van der Waals surface area contributed by atoms with Crippen molar-refractivity contribution in [3.63, 3.8) is 0 Å². The van der Waals surface area contributed by atoms with Crippen molar-refractivity contribution >= 4 is 29.0 Å². The number of nitrogens with zero attached hydrogens (tertiary/aromatic N) is 3. The second-order valence-electron chi connectivity index (χ2n) is 5.91. The standard InChI is InChI=1S/C19H20ClN5O/c1-13(2)19(26)25-16-9-15(10-22-11-16)18(24-12-21)23-8-7-14-5-3-4-6-17(14)20/h3-6,9-11,13H,7-8H2,1-2H3,(H,23,24)(H,25,26). The maximum absolute atomic E-state index is 11.8. The third-order valence-corrected chi connectivity index (χ3v) is 3.96. The lowest BCUT2D eigenvalue weighted by molar-refractivity contribution is -0.118. The lowest BCUT2D eigenvalue weighted by Crippen LogP contribution is -2.21. The molecular formula is C19H20ClN5O. The molecule has 0 spiro atoms. The van der Waals surface area contributed by atoms with Crippen molar-refractivity contribution in [1.29, 1.82) is 5.26 Å². The Hall–Kier alpha value is -2.91. The van der Waals surface area contributed by atoms with Crippen LogP contribution >= 0.6 is 11.6 Å². The van der Waals surface area contributed by atoms with Crippen LogP contribution in [0.15, 0.2) is 47.7 Å². The van der Waals surface area contributed by atoms with E-state index in [9.17, 15) is 4.79 Å². The molecule has 2 N–H and O–H groups in total. The molecule has 2 rings (SSSR count). The third kappa shape index (κ3) is 5.57. The molecule has 1 heterocycles. The molecule has 0 bridgehead atoms. The Balaban J connectivity index is 2.14. The van der Waals surface area contributed by atoms with Gasteiger partial charge in [-0.15, -0.1) is 0 Å². The summed E-state index contributed by atoms with van der Waals surface area (Å²) >= 11 is 6.15. The molecule has 0 aliphatic heterocycles. The zero-order valence-corrected chi connectivity index (χ0v) is 15.4. The number of pyridine rings is 1. The zero-order chi connectivity index (χ0) is 18.9. The van der Waals surface area contributed by atoms with E-state index >= 15 is 0 Å². The minimum Gasteiger partial charge on any atom is -0.324 e. The van der Waals surface area contributed by atoms with Crippen molar-refractivity contribution in [3.05, 3.63) is 58.9 Å². The Morgan fingerprint density at radius 1 is 1.35 bits per heavy atom. The van der Waals surface area contributed by atoms with Gasteiger partial charge in [0.25, 0.3) is 0 Å². The molecule has 1 amide bonds. The first kappa shape index (κ1) is 19.4. The highest BCUT2D eigenvalue weighted by molar-refractivity contribution is 6.31. The van der Waals surface area contributed by atoms with Gasteiger partial charge in [0.15, 0.2) is 6.19 Å². The van der Waals surface area contributed by atoms with E-state index < -0.39 is 0 Å². The summed E-state index contributed by atoms with van der Waals surface area (Å²) in [5.74, 6) is 0.154. The number of amides is 1. The summed E-state index contributed by atoms with van der Waals surface area (Å²) < 4.78 is 0. The van der Waals surface area contributed by atoms with Crippen LogP contribution in [0.2, 0.25) is 5.02 Å². The number of rotatable bonds is 6. The largest absolute Gasteiger partial charge is 0.324 e. The summed E-state index contributed by atoms with van der Waals surface area (Å²) in [6.07, 6.45) is 5.67. The van der Waals surface area contributed by atoms with Crippen LogP contribution in [0.4, 0.5) is 5.69 Å². The number of hydrogen-bond donors (Lipinski definition) is 2. The van der Waals surface area contributed by atoms with Crippen LogP contribution in [0.3, 0.4) is 0 Å². The van der Waals surface area contributed by atoms with Crippen molar-refractivity contribution in [3.8, 4) is 6.19 Å². The van der Waals surface area contributed by atoms with Crippen molar-refractivity contribution < 1.29 is 4.79 Å². The predicted molar refractivity (Wildman–Crippen MR) is 103 cm³/mol. The Kier molecular flexibility index (Phi) is 7.12. The Morgan fingerprint density at radius 2 is 2.12 bits per heavy atom. The van der Waals surface area contributed by atoms with Gasteiger partial charge in [-0.2, -0.15) is 5.26 Å². The van der Waals surface area contributed by atoms with Crippen LogP contribution in [-0.2, 0) is 11.2 Å². The first-order chi connectivity index (χ1) is 12.5. The highest BCUT2D eigenvalue weighted by Gasteiger charge is 2.10. The topological polar surface area (TPSA) is 90.2 Å². The smallest absolute Gasteiger partial charge is 0.226 e. The molecule has 7 heteroatoms. The van der Waals surface area contributed by atoms with Crippen molar-refractivity contribution in [1.82, 2.24) is 10.3 Å². The Bertz CT molecular complexity index is 842. The second-order valence-corrected chi connectivity index (χ2v) is 6.32. The molecule has 0 saturated heterocycles. The Labute approximate surface area is 157 Å². The summed E-state index contributed by atoms with van der Waals surface area (Å²) in [5.41, 5.74) is 2.16. The minimum absolute atomic E-state index is 0.102. The summed E-state index contributed by atoms with van der Waals surface area (Å²) in [5, 5.41) is 15.0. The molecule has 0 saturated carbocycles. The molecule has 6 nitrogen and oxygen atoms in total. The number of nitriles is 1. The number of benzene rings is 1. The number of carbonyl (C=O) groups is 1. The average molecular weight is 370 g/mol. The van der Waals surface area contributed by atoms with Crippen molar-refractivity contribution in [2.45, 2.75) is 20.3 Å². The lowest BCUT2D eigenvalue weighted by atomic mass is 10.1. The fraction of sp³-hybridized carbons (Fsp3) is 0.263. The average Bonchev–Trinajstić information content (AvgIpc) is 2.62. The van der Waals surface area contributed by atoms with E-state index in [0.717, 1.165) is 5.56 Å². The molecule has 1 aromatic carbocycles. The van der Waals surface area contributed by atoms with Crippen molar-refractivity contribution in [2.75, 3.05) is 11.9 Å². The molecule has 0 fully saturated rings.